The van der Waals surface area contributed by atoms with Crippen LogP contribution in [0.4, 0.5) is 4.79 Å². The van der Waals surface area contributed by atoms with Crippen molar-refractivity contribution >= 4 is 12.3 Å². The van der Waals surface area contributed by atoms with E-state index in [-0.39, 0.29) is 0 Å². The van der Waals surface area contributed by atoms with Crippen molar-refractivity contribution in [3.63, 3.8) is 0 Å². The molecule has 0 spiro atoms. The Kier molecular flexibility index (Phi) is 3.49. The van der Waals surface area contributed by atoms with Crippen LogP contribution in [0.3, 0.4) is 0 Å². The molecule has 0 bridgehead atoms. The van der Waals surface area contributed by atoms with E-state index in [1.54, 1.807) is 45.5 Å². The summed E-state index contributed by atoms with van der Waals surface area (Å²) in [5.41, 5.74) is -0.509. The average Bonchev–Trinajstić information content (AvgIpc) is 2.28. The number of ether oxygens (including phenoxy) is 1. The summed E-state index contributed by atoms with van der Waals surface area (Å²) in [6.45, 7) is 5.41. The Morgan fingerprint density at radius 1 is 1.53 bits per heavy atom. The number of carbonyl (C=O) groups is 1. The monoisotopic (exact) mass is 209 g/mol. The van der Waals surface area contributed by atoms with Gasteiger partial charge < -0.3 is 10.1 Å². The Morgan fingerprint density at radius 2 is 2.27 bits per heavy atom. The first-order chi connectivity index (χ1) is 6.97. The summed E-state index contributed by atoms with van der Waals surface area (Å²) >= 11 is 0. The molecule has 0 saturated heterocycles. The number of nitrogens with one attached hydrogen (secondary N) is 2. The summed E-state index contributed by atoms with van der Waals surface area (Å²) in [6, 6.07) is 0. The first kappa shape index (κ1) is 11.3. The minimum Gasteiger partial charge on any atom is -0.444 e. The van der Waals surface area contributed by atoms with Crippen molar-refractivity contribution in [1.82, 2.24) is 10.6 Å². The van der Waals surface area contributed by atoms with E-state index in [4.69, 9.17) is 4.74 Å². The van der Waals surface area contributed by atoms with Gasteiger partial charge in [-0.05, 0) is 26.8 Å². The normalized spacial score (nSPS) is 15.0. The van der Waals surface area contributed by atoms with Gasteiger partial charge in [-0.1, -0.05) is 0 Å². The lowest BCUT2D eigenvalue weighted by Gasteiger charge is -2.19. The highest BCUT2D eigenvalue weighted by atomic mass is 16.6. The number of allylic oxidation sites excluding steroid dienone is 1. The van der Waals surface area contributed by atoms with Crippen LogP contribution in [0.1, 0.15) is 20.8 Å². The van der Waals surface area contributed by atoms with Crippen LogP contribution in [-0.2, 0) is 4.74 Å². The summed E-state index contributed by atoms with van der Waals surface area (Å²) in [5.74, 6) is 0.411. The summed E-state index contributed by atoms with van der Waals surface area (Å²) in [4.78, 5) is 15.3. The molecule has 1 amide bonds. The number of hydrogen-bond donors (Lipinski definition) is 2. The molecule has 0 fully saturated rings. The maximum absolute atomic E-state index is 11.3. The fourth-order valence-electron chi connectivity index (χ4n) is 0.863. The van der Waals surface area contributed by atoms with Gasteiger partial charge >= 0.3 is 6.09 Å². The minimum absolute atomic E-state index is 0.411. The Hall–Kier alpha value is -1.78. The molecule has 0 atom stereocenters. The molecule has 82 valence electrons. The fourth-order valence-corrected chi connectivity index (χ4v) is 0.863. The van der Waals surface area contributed by atoms with E-state index in [9.17, 15) is 4.79 Å². The third-order valence-electron chi connectivity index (χ3n) is 1.34. The second-order valence-electron chi connectivity index (χ2n) is 3.96. The molecular formula is C10H15N3O2. The molecule has 0 saturated carbocycles. The smallest absolute Gasteiger partial charge is 0.413 e. The second kappa shape index (κ2) is 4.63. The molecule has 5 nitrogen and oxygen atoms in total. The van der Waals surface area contributed by atoms with Gasteiger partial charge in [-0.25, -0.2) is 9.79 Å². The molecule has 1 aliphatic rings. The summed E-state index contributed by atoms with van der Waals surface area (Å²) in [7, 11) is 0. The van der Waals surface area contributed by atoms with E-state index < -0.39 is 11.7 Å². The standard InChI is InChI=1S/C10H15N3O2/c1-10(2,3)15-9(14)13-8-7-11-5-4-6-12-8/h4-7,11H,1-3H3,(H,13,14). The molecule has 0 aromatic carbocycles. The Balaban J connectivity index is 2.48. The molecule has 0 aromatic heterocycles. The van der Waals surface area contributed by atoms with Crippen LogP contribution in [0.25, 0.3) is 0 Å². The molecule has 1 heterocycles. The highest BCUT2D eigenvalue weighted by molar-refractivity contribution is 5.75. The van der Waals surface area contributed by atoms with Crippen LogP contribution in [0.2, 0.25) is 0 Å². The molecule has 2 N–H and O–H groups in total. The number of amides is 1. The van der Waals surface area contributed by atoms with E-state index in [0.717, 1.165) is 0 Å². The molecule has 5 heteroatoms. The van der Waals surface area contributed by atoms with Gasteiger partial charge in [0.25, 0.3) is 0 Å². The molecular weight excluding hydrogens is 194 g/mol. The van der Waals surface area contributed by atoms with Gasteiger partial charge in [0.05, 0.1) is 0 Å². The number of nitrogens with zero attached hydrogens (tertiary/aromatic N) is 1. The van der Waals surface area contributed by atoms with Crippen molar-refractivity contribution in [2.45, 2.75) is 26.4 Å². The van der Waals surface area contributed by atoms with Crippen molar-refractivity contribution in [2.24, 2.45) is 4.99 Å². The number of aliphatic imine (C=N–C) groups is 1. The van der Waals surface area contributed by atoms with Gasteiger partial charge in [-0.15, -0.1) is 0 Å². The average molecular weight is 209 g/mol. The summed E-state index contributed by atoms with van der Waals surface area (Å²) < 4.78 is 5.07. The zero-order valence-corrected chi connectivity index (χ0v) is 9.07. The van der Waals surface area contributed by atoms with E-state index in [2.05, 4.69) is 15.6 Å². The largest absolute Gasteiger partial charge is 0.444 e. The molecule has 0 unspecified atom stereocenters. The number of alkyl carbamates (subject to hydrolysis) is 1. The SMILES string of the molecule is CC(C)(C)OC(=O)NC1=CNC=CC=N1. The van der Waals surface area contributed by atoms with E-state index in [0.29, 0.717) is 5.82 Å². The van der Waals surface area contributed by atoms with Crippen molar-refractivity contribution in [1.29, 1.82) is 0 Å². The van der Waals surface area contributed by atoms with Crippen LogP contribution < -0.4 is 10.6 Å². The lowest BCUT2D eigenvalue weighted by atomic mass is 10.2. The van der Waals surface area contributed by atoms with Crippen LogP contribution in [-0.4, -0.2) is 17.9 Å². The van der Waals surface area contributed by atoms with Crippen molar-refractivity contribution < 1.29 is 9.53 Å². The topological polar surface area (TPSA) is 62.7 Å². The fraction of sp³-hybridized carbons (Fsp3) is 0.400. The number of carbonyl (C=O) groups excluding carboxylic acids is 1. The maximum Gasteiger partial charge on any atom is 0.413 e. The van der Waals surface area contributed by atoms with Gasteiger partial charge in [0.15, 0.2) is 5.82 Å². The molecule has 1 rings (SSSR count). The first-order valence-corrected chi connectivity index (χ1v) is 4.63. The molecule has 0 aromatic rings. The second-order valence-corrected chi connectivity index (χ2v) is 3.96. The predicted molar refractivity (Wildman–Crippen MR) is 58.2 cm³/mol. The van der Waals surface area contributed by atoms with Gasteiger partial charge in [-0.2, -0.15) is 0 Å². The van der Waals surface area contributed by atoms with Crippen molar-refractivity contribution in [3.8, 4) is 0 Å². The van der Waals surface area contributed by atoms with Crippen LogP contribution >= 0.6 is 0 Å². The molecule has 1 aliphatic heterocycles. The Morgan fingerprint density at radius 3 is 2.93 bits per heavy atom. The molecule has 0 aliphatic carbocycles. The van der Waals surface area contributed by atoms with Gasteiger partial charge in [0.2, 0.25) is 0 Å². The quantitative estimate of drug-likeness (QED) is 0.687. The summed E-state index contributed by atoms with van der Waals surface area (Å²) in [6.07, 6.45) is 6.05. The van der Waals surface area contributed by atoms with E-state index >= 15 is 0 Å². The summed E-state index contributed by atoms with van der Waals surface area (Å²) in [5, 5.41) is 5.34. The Labute approximate surface area is 88.9 Å². The van der Waals surface area contributed by atoms with Crippen LogP contribution in [0.15, 0.2) is 29.3 Å². The lowest BCUT2D eigenvalue weighted by molar-refractivity contribution is 0.0545. The molecule has 0 radical (unpaired) electrons. The Bertz CT molecular complexity index is 324. The number of hydrogen-bond acceptors (Lipinski definition) is 4. The van der Waals surface area contributed by atoms with Crippen LogP contribution in [0, 0.1) is 0 Å². The highest BCUT2D eigenvalue weighted by Crippen LogP contribution is 2.07. The third-order valence-corrected chi connectivity index (χ3v) is 1.34. The number of rotatable bonds is 1. The van der Waals surface area contributed by atoms with E-state index in [1.807, 2.05) is 0 Å². The van der Waals surface area contributed by atoms with Crippen molar-refractivity contribution in [3.05, 3.63) is 24.3 Å². The van der Waals surface area contributed by atoms with Gasteiger partial charge in [-0.3, -0.25) is 5.32 Å². The highest BCUT2D eigenvalue weighted by Gasteiger charge is 2.16. The molecule has 15 heavy (non-hydrogen) atoms. The van der Waals surface area contributed by atoms with Gasteiger partial charge in [0, 0.05) is 18.6 Å². The zero-order valence-electron chi connectivity index (χ0n) is 9.07. The minimum atomic E-state index is -0.519. The predicted octanol–water partition coefficient (Wildman–Crippen LogP) is 1.50. The third kappa shape index (κ3) is 4.85. The van der Waals surface area contributed by atoms with Gasteiger partial charge in [0.1, 0.15) is 5.60 Å². The van der Waals surface area contributed by atoms with Crippen molar-refractivity contribution in [2.75, 3.05) is 0 Å². The zero-order chi connectivity index (χ0) is 11.3. The maximum atomic E-state index is 11.3. The van der Waals surface area contributed by atoms with E-state index in [1.165, 1.54) is 0 Å². The lowest BCUT2D eigenvalue weighted by Crippen LogP contribution is -2.32. The van der Waals surface area contributed by atoms with Crippen LogP contribution in [0.5, 0.6) is 0 Å². The first-order valence-electron chi connectivity index (χ1n) is 4.63.